The summed E-state index contributed by atoms with van der Waals surface area (Å²) in [5.41, 5.74) is 5.78. The summed E-state index contributed by atoms with van der Waals surface area (Å²) in [6.45, 7) is 2.87. The van der Waals surface area contributed by atoms with E-state index in [0.717, 1.165) is 0 Å². The van der Waals surface area contributed by atoms with Crippen molar-refractivity contribution in [3.05, 3.63) is 29.8 Å². The molecule has 0 aliphatic carbocycles. The van der Waals surface area contributed by atoms with Crippen molar-refractivity contribution in [1.82, 2.24) is 4.72 Å². The number of ether oxygens (including phenoxy) is 2. The van der Waals surface area contributed by atoms with Crippen LogP contribution in [-0.4, -0.2) is 57.8 Å². The highest BCUT2D eigenvalue weighted by molar-refractivity contribution is 7.89. The molecule has 1 atom stereocenters. The van der Waals surface area contributed by atoms with E-state index < -0.39 is 40.5 Å². The van der Waals surface area contributed by atoms with Gasteiger partial charge in [0.2, 0.25) is 15.9 Å². The van der Waals surface area contributed by atoms with Gasteiger partial charge in [0, 0.05) is 17.9 Å². The highest BCUT2D eigenvalue weighted by Gasteiger charge is 2.19. The quantitative estimate of drug-likeness (QED) is 0.337. The predicted molar refractivity (Wildman–Crippen MR) is 97.4 cm³/mol. The lowest BCUT2D eigenvalue weighted by Gasteiger charge is -2.14. The topological polar surface area (TPSA) is 154 Å². The third kappa shape index (κ3) is 8.62. The number of sulfonamides is 1. The van der Waals surface area contributed by atoms with Crippen LogP contribution in [0.15, 0.2) is 24.3 Å². The molecule has 4 N–H and O–H groups in total. The number of anilines is 1. The summed E-state index contributed by atoms with van der Waals surface area (Å²) in [6.07, 6.45) is -1.15. The smallest absolute Gasteiger partial charge is 0.321 e. The summed E-state index contributed by atoms with van der Waals surface area (Å²) < 4.78 is 35.2. The molecule has 1 aromatic rings. The van der Waals surface area contributed by atoms with Gasteiger partial charge in [-0.25, -0.2) is 13.1 Å². The lowest BCUT2D eigenvalue weighted by molar-refractivity contribution is -0.151. The van der Waals surface area contributed by atoms with Crippen molar-refractivity contribution in [1.29, 1.82) is 0 Å². The number of carbonyl (C=O) groups excluding carboxylic acids is 3. The van der Waals surface area contributed by atoms with Crippen molar-refractivity contribution in [3.8, 4) is 0 Å². The predicted octanol–water partition coefficient (Wildman–Crippen LogP) is -0.388. The molecule has 1 aromatic carbocycles. The molecule has 150 valence electrons. The van der Waals surface area contributed by atoms with Gasteiger partial charge in [0.15, 0.2) is 6.10 Å². The summed E-state index contributed by atoms with van der Waals surface area (Å²) in [6, 6.07) is 5.81. The molecule has 0 radical (unpaired) electrons. The number of carbonyl (C=O) groups is 3. The van der Waals surface area contributed by atoms with Crippen LogP contribution in [0.2, 0.25) is 0 Å². The second-order valence-corrected chi connectivity index (χ2v) is 7.33. The van der Waals surface area contributed by atoms with Crippen molar-refractivity contribution in [2.45, 2.75) is 20.0 Å². The minimum absolute atomic E-state index is 0.00817. The van der Waals surface area contributed by atoms with Gasteiger partial charge in [0.1, 0.15) is 6.54 Å². The molecule has 0 saturated heterocycles. The Labute approximate surface area is 157 Å². The number of nitrogens with two attached hydrogens (primary N) is 1. The zero-order valence-corrected chi connectivity index (χ0v) is 15.9. The third-order valence-electron chi connectivity index (χ3n) is 3.25. The van der Waals surface area contributed by atoms with Crippen LogP contribution in [0.1, 0.15) is 24.2 Å². The first-order valence-electron chi connectivity index (χ1n) is 8.10. The fourth-order valence-electron chi connectivity index (χ4n) is 1.81. The number of esters is 1. The lowest BCUT2D eigenvalue weighted by Crippen LogP contribution is -2.37. The van der Waals surface area contributed by atoms with Gasteiger partial charge < -0.3 is 20.5 Å². The number of rotatable bonds is 11. The van der Waals surface area contributed by atoms with E-state index in [4.69, 9.17) is 15.2 Å². The van der Waals surface area contributed by atoms with E-state index in [2.05, 4.69) is 10.0 Å². The zero-order chi connectivity index (χ0) is 20.4. The monoisotopic (exact) mass is 401 g/mol. The van der Waals surface area contributed by atoms with Crippen molar-refractivity contribution < 1.29 is 32.3 Å². The SMILES string of the molecule is CCOCCS(=O)(=O)NCC(=O)O[C@@H](C)C(=O)Nc1ccc(C(N)=O)cc1. The van der Waals surface area contributed by atoms with Crippen LogP contribution in [0, 0.1) is 0 Å². The van der Waals surface area contributed by atoms with Crippen LogP contribution < -0.4 is 15.8 Å². The van der Waals surface area contributed by atoms with Gasteiger partial charge in [0.25, 0.3) is 5.91 Å². The summed E-state index contributed by atoms with van der Waals surface area (Å²) >= 11 is 0. The number of hydrogen-bond donors (Lipinski definition) is 3. The molecule has 2 amide bonds. The van der Waals surface area contributed by atoms with Gasteiger partial charge in [0.05, 0.1) is 12.4 Å². The van der Waals surface area contributed by atoms with Gasteiger partial charge in [-0.2, -0.15) is 0 Å². The summed E-state index contributed by atoms with van der Waals surface area (Å²) in [7, 11) is -3.68. The molecule has 10 nitrogen and oxygen atoms in total. The van der Waals surface area contributed by atoms with Crippen molar-refractivity contribution in [2.24, 2.45) is 5.73 Å². The first-order valence-corrected chi connectivity index (χ1v) is 9.75. The van der Waals surface area contributed by atoms with E-state index in [1.165, 1.54) is 31.2 Å². The highest BCUT2D eigenvalue weighted by Crippen LogP contribution is 2.10. The first-order chi connectivity index (χ1) is 12.6. The Balaban J connectivity index is 2.45. The molecule has 27 heavy (non-hydrogen) atoms. The van der Waals surface area contributed by atoms with Crippen LogP contribution in [0.3, 0.4) is 0 Å². The van der Waals surface area contributed by atoms with Crippen LogP contribution in [0.25, 0.3) is 0 Å². The first kappa shape index (κ1) is 22.5. The van der Waals surface area contributed by atoms with Gasteiger partial charge in [-0.05, 0) is 38.1 Å². The lowest BCUT2D eigenvalue weighted by atomic mass is 10.2. The molecule has 0 unspecified atom stereocenters. The number of benzene rings is 1. The van der Waals surface area contributed by atoms with Gasteiger partial charge in [-0.1, -0.05) is 0 Å². The minimum Gasteiger partial charge on any atom is -0.452 e. The van der Waals surface area contributed by atoms with Crippen LogP contribution in [0.4, 0.5) is 5.69 Å². The van der Waals surface area contributed by atoms with Gasteiger partial charge in [-0.3, -0.25) is 14.4 Å². The van der Waals surface area contributed by atoms with Crippen molar-refractivity contribution >= 4 is 33.5 Å². The molecule has 0 bridgehead atoms. The Kier molecular flexibility index (Phi) is 8.85. The minimum atomic E-state index is -3.68. The molecular weight excluding hydrogens is 378 g/mol. The largest absolute Gasteiger partial charge is 0.452 e. The third-order valence-corrected chi connectivity index (χ3v) is 4.54. The van der Waals surface area contributed by atoms with E-state index >= 15 is 0 Å². The van der Waals surface area contributed by atoms with Crippen LogP contribution in [-0.2, 0) is 29.1 Å². The molecule has 0 spiro atoms. The molecule has 0 aliphatic heterocycles. The molecule has 0 heterocycles. The molecule has 1 rings (SSSR count). The summed E-state index contributed by atoms with van der Waals surface area (Å²) in [5.74, 6) is -2.40. The van der Waals surface area contributed by atoms with Crippen molar-refractivity contribution in [2.75, 3.05) is 30.8 Å². The van der Waals surface area contributed by atoms with E-state index in [1.54, 1.807) is 6.92 Å². The maximum Gasteiger partial charge on any atom is 0.321 e. The zero-order valence-electron chi connectivity index (χ0n) is 15.1. The normalized spacial score (nSPS) is 12.2. The maximum atomic E-state index is 12.0. The molecule has 0 aliphatic rings. The average molecular weight is 401 g/mol. The standard InChI is InChI=1S/C16H23N3O7S/c1-3-25-8-9-27(23,24)18-10-14(20)26-11(2)16(22)19-13-6-4-12(5-7-13)15(17)21/h4-7,11,18H,3,8-10H2,1-2H3,(H2,17,21)(H,19,22)/t11-/m0/s1. The Morgan fingerprint density at radius 1 is 1.19 bits per heavy atom. The molecule has 0 fully saturated rings. The van der Waals surface area contributed by atoms with Gasteiger partial charge >= 0.3 is 5.97 Å². The Morgan fingerprint density at radius 2 is 1.81 bits per heavy atom. The molecular formula is C16H23N3O7S. The molecule has 0 aromatic heterocycles. The molecule has 0 saturated carbocycles. The Hall–Kier alpha value is -2.50. The summed E-state index contributed by atoms with van der Waals surface area (Å²) in [4.78, 5) is 34.7. The average Bonchev–Trinajstić information content (AvgIpc) is 2.60. The number of primary amides is 1. The second-order valence-electron chi connectivity index (χ2n) is 5.40. The maximum absolute atomic E-state index is 12.0. The van der Waals surface area contributed by atoms with Crippen LogP contribution >= 0.6 is 0 Å². The Bertz CT molecular complexity index is 763. The van der Waals surface area contributed by atoms with Crippen LogP contribution in [0.5, 0.6) is 0 Å². The molecule has 11 heteroatoms. The number of hydrogen-bond acceptors (Lipinski definition) is 7. The fraction of sp³-hybridized carbons (Fsp3) is 0.438. The number of amides is 2. The van der Waals surface area contributed by atoms with E-state index in [1.807, 2.05) is 0 Å². The Morgan fingerprint density at radius 3 is 2.37 bits per heavy atom. The van der Waals surface area contributed by atoms with E-state index in [9.17, 15) is 22.8 Å². The fourth-order valence-corrected chi connectivity index (χ4v) is 2.63. The van der Waals surface area contributed by atoms with E-state index in [0.29, 0.717) is 12.3 Å². The van der Waals surface area contributed by atoms with Crippen molar-refractivity contribution in [3.63, 3.8) is 0 Å². The summed E-state index contributed by atoms with van der Waals surface area (Å²) in [5, 5.41) is 2.50. The van der Waals surface area contributed by atoms with Gasteiger partial charge in [-0.15, -0.1) is 0 Å². The number of nitrogens with one attached hydrogen (secondary N) is 2. The highest BCUT2D eigenvalue weighted by atomic mass is 32.2. The second kappa shape index (κ2) is 10.6. The van der Waals surface area contributed by atoms with E-state index in [-0.39, 0.29) is 17.9 Å².